The Morgan fingerprint density at radius 1 is 1.17 bits per heavy atom. The van der Waals surface area contributed by atoms with Crippen LogP contribution in [0, 0.1) is 6.92 Å². The minimum absolute atomic E-state index is 0.0402. The Morgan fingerprint density at radius 3 is 2.47 bits per heavy atom. The van der Waals surface area contributed by atoms with Crippen LogP contribution < -0.4 is 11.0 Å². The predicted octanol–water partition coefficient (Wildman–Crippen LogP) is 3.24. The quantitative estimate of drug-likeness (QED) is 0.397. The number of imidazole rings is 1. The molecule has 10 nitrogen and oxygen atoms in total. The maximum absolute atomic E-state index is 13.0. The third-order valence-electron chi connectivity index (χ3n) is 5.22. The number of hydrogen-bond donors (Lipinski definition) is 2. The lowest BCUT2D eigenvalue weighted by atomic mass is 10.2. The van der Waals surface area contributed by atoms with E-state index in [4.69, 9.17) is 4.42 Å². The first kappa shape index (κ1) is 24.8. The molecule has 1 amide bonds. The van der Waals surface area contributed by atoms with Crippen molar-refractivity contribution in [2.45, 2.75) is 23.9 Å². The van der Waals surface area contributed by atoms with Crippen molar-refractivity contribution in [1.29, 1.82) is 0 Å². The number of hydrogen-bond acceptors (Lipinski definition) is 7. The molecule has 0 atom stereocenters. The molecular formula is C22H17F3N4O6S. The highest BCUT2D eigenvalue weighted by molar-refractivity contribution is 7.92. The SMILES string of the molecule is Cc1c(O)n(-c2ccc(S(=O)(=O)C(F)(F)F)cc2)c(=O)n1Cc1ccnc(NC(=O)c2ccco2)c1. The van der Waals surface area contributed by atoms with E-state index in [1.165, 1.54) is 36.1 Å². The van der Waals surface area contributed by atoms with Gasteiger partial charge in [0, 0.05) is 6.20 Å². The highest BCUT2D eigenvalue weighted by Gasteiger charge is 2.46. The maximum atomic E-state index is 13.0. The monoisotopic (exact) mass is 522 g/mol. The molecule has 3 aromatic heterocycles. The van der Waals surface area contributed by atoms with Crippen LogP contribution >= 0.6 is 0 Å². The molecule has 0 aliphatic heterocycles. The number of amides is 1. The van der Waals surface area contributed by atoms with Gasteiger partial charge >= 0.3 is 11.2 Å². The van der Waals surface area contributed by atoms with E-state index >= 15 is 0 Å². The molecule has 0 aliphatic rings. The molecule has 4 aromatic rings. The van der Waals surface area contributed by atoms with Crippen LogP contribution in [0.15, 0.2) is 75.1 Å². The summed E-state index contributed by atoms with van der Waals surface area (Å²) in [5, 5.41) is 13.1. The van der Waals surface area contributed by atoms with Crippen molar-refractivity contribution >= 4 is 21.6 Å². The van der Waals surface area contributed by atoms with E-state index in [0.717, 1.165) is 16.7 Å². The summed E-state index contributed by atoms with van der Waals surface area (Å²) in [4.78, 5) is 28.3. The Bertz CT molecular complexity index is 1590. The van der Waals surface area contributed by atoms with Gasteiger partial charge in [-0.3, -0.25) is 9.36 Å². The molecule has 2 N–H and O–H groups in total. The maximum Gasteiger partial charge on any atom is 0.501 e. The number of aromatic hydroxyl groups is 1. The van der Waals surface area contributed by atoms with Crippen LogP contribution in [0.2, 0.25) is 0 Å². The molecule has 0 aliphatic carbocycles. The average Bonchev–Trinajstić information content (AvgIpc) is 3.43. The first-order valence-corrected chi connectivity index (χ1v) is 11.6. The van der Waals surface area contributed by atoms with Gasteiger partial charge in [-0.25, -0.2) is 22.8 Å². The Labute approximate surface area is 201 Å². The number of carbonyl (C=O) groups is 1. The normalized spacial score (nSPS) is 12.0. The van der Waals surface area contributed by atoms with Crippen LogP contribution in [0.1, 0.15) is 21.8 Å². The number of benzene rings is 1. The van der Waals surface area contributed by atoms with Crippen LogP contribution in [0.5, 0.6) is 5.88 Å². The number of rotatable bonds is 6. The largest absolute Gasteiger partial charge is 0.501 e. The summed E-state index contributed by atoms with van der Waals surface area (Å²) in [6.07, 6.45) is 2.75. The molecule has 4 rings (SSSR count). The van der Waals surface area contributed by atoms with Crippen molar-refractivity contribution in [1.82, 2.24) is 14.1 Å². The molecule has 0 radical (unpaired) electrons. The Kier molecular flexibility index (Phi) is 6.22. The van der Waals surface area contributed by atoms with E-state index in [-0.39, 0.29) is 29.5 Å². The van der Waals surface area contributed by atoms with Gasteiger partial charge in [-0.15, -0.1) is 0 Å². The summed E-state index contributed by atoms with van der Waals surface area (Å²) in [6, 6.07) is 9.49. The summed E-state index contributed by atoms with van der Waals surface area (Å²) < 4.78 is 68.6. The van der Waals surface area contributed by atoms with Gasteiger partial charge in [0.15, 0.2) is 5.76 Å². The van der Waals surface area contributed by atoms with Crippen molar-refractivity contribution in [3.63, 3.8) is 0 Å². The second-order valence-corrected chi connectivity index (χ2v) is 9.48. The second kappa shape index (κ2) is 9.03. The molecule has 0 fully saturated rings. The Morgan fingerprint density at radius 2 is 1.86 bits per heavy atom. The van der Waals surface area contributed by atoms with Gasteiger partial charge in [-0.05, 0) is 61.0 Å². The number of furan rings is 1. The first-order chi connectivity index (χ1) is 16.9. The fourth-order valence-corrected chi connectivity index (χ4v) is 4.14. The summed E-state index contributed by atoms with van der Waals surface area (Å²) in [5.74, 6) is -0.750. The van der Waals surface area contributed by atoms with Crippen LogP contribution in [-0.2, 0) is 16.4 Å². The number of aromatic nitrogens is 3. The fourth-order valence-electron chi connectivity index (χ4n) is 3.37. The minimum Gasteiger partial charge on any atom is -0.493 e. The summed E-state index contributed by atoms with van der Waals surface area (Å²) in [7, 11) is -5.56. The van der Waals surface area contributed by atoms with E-state index in [1.807, 2.05) is 0 Å². The standard InChI is InChI=1S/C22H17F3N4O6S/c1-13-20(31)29(15-4-6-16(7-5-15)36(33,34)22(23,24)25)21(32)28(13)12-14-8-9-26-18(11-14)27-19(30)17-3-2-10-35-17/h2-11,31H,12H2,1H3,(H,26,27,30). The number of sulfone groups is 1. The fraction of sp³-hybridized carbons (Fsp3) is 0.136. The van der Waals surface area contributed by atoms with E-state index in [2.05, 4.69) is 10.3 Å². The van der Waals surface area contributed by atoms with Gasteiger partial charge in [0.25, 0.3) is 15.7 Å². The number of pyridine rings is 1. The third-order valence-corrected chi connectivity index (χ3v) is 6.73. The number of alkyl halides is 3. The highest BCUT2D eigenvalue weighted by atomic mass is 32.2. The van der Waals surface area contributed by atoms with Gasteiger partial charge in [0.05, 0.1) is 29.1 Å². The molecule has 0 saturated carbocycles. The van der Waals surface area contributed by atoms with Gasteiger partial charge in [0.1, 0.15) is 5.82 Å². The Hall–Kier alpha value is -4.33. The number of nitrogens with zero attached hydrogens (tertiary/aromatic N) is 3. The van der Waals surface area contributed by atoms with Crippen LogP contribution in [0.3, 0.4) is 0 Å². The number of nitrogens with one attached hydrogen (secondary N) is 1. The van der Waals surface area contributed by atoms with Gasteiger partial charge in [0.2, 0.25) is 5.88 Å². The molecule has 0 spiro atoms. The average molecular weight is 522 g/mol. The van der Waals surface area contributed by atoms with Crippen LogP contribution in [-0.4, -0.2) is 39.1 Å². The smallest absolute Gasteiger partial charge is 0.493 e. The summed E-state index contributed by atoms with van der Waals surface area (Å²) in [5.41, 5.74) is -5.57. The topological polar surface area (TPSA) is 136 Å². The predicted molar refractivity (Wildman–Crippen MR) is 120 cm³/mol. The molecule has 0 bridgehead atoms. The zero-order chi connectivity index (χ0) is 26.3. The van der Waals surface area contributed by atoms with Gasteiger partial charge in [-0.2, -0.15) is 13.2 Å². The molecule has 0 saturated heterocycles. The summed E-state index contributed by atoms with van der Waals surface area (Å²) >= 11 is 0. The zero-order valence-corrected chi connectivity index (χ0v) is 19.2. The summed E-state index contributed by atoms with van der Waals surface area (Å²) in [6.45, 7) is 1.41. The molecule has 1 aromatic carbocycles. The van der Waals surface area contributed by atoms with Gasteiger partial charge in [-0.1, -0.05) is 0 Å². The molecule has 188 valence electrons. The first-order valence-electron chi connectivity index (χ1n) is 10.1. The highest BCUT2D eigenvalue weighted by Crippen LogP contribution is 2.31. The number of carbonyl (C=O) groups excluding carboxylic acids is 1. The lowest BCUT2D eigenvalue weighted by molar-refractivity contribution is -0.0436. The third kappa shape index (κ3) is 4.49. The lowest BCUT2D eigenvalue weighted by Gasteiger charge is -2.09. The van der Waals surface area contributed by atoms with E-state index in [0.29, 0.717) is 17.7 Å². The molecule has 0 unspecified atom stereocenters. The number of anilines is 1. The van der Waals surface area contributed by atoms with Crippen molar-refractivity contribution in [2.75, 3.05) is 5.32 Å². The van der Waals surface area contributed by atoms with Crippen molar-refractivity contribution in [2.24, 2.45) is 0 Å². The molecular weight excluding hydrogens is 505 g/mol. The van der Waals surface area contributed by atoms with Crippen LogP contribution in [0.4, 0.5) is 19.0 Å². The van der Waals surface area contributed by atoms with Crippen molar-refractivity contribution in [3.8, 4) is 11.6 Å². The van der Waals surface area contributed by atoms with Crippen LogP contribution in [0.25, 0.3) is 5.69 Å². The molecule has 14 heteroatoms. The Balaban J connectivity index is 1.62. The van der Waals surface area contributed by atoms with Crippen molar-refractivity contribution < 1.29 is 35.9 Å². The molecule has 3 heterocycles. The van der Waals surface area contributed by atoms with E-state index in [1.54, 1.807) is 12.1 Å². The lowest BCUT2D eigenvalue weighted by Crippen LogP contribution is -2.25. The molecule has 36 heavy (non-hydrogen) atoms. The number of halogens is 3. The van der Waals surface area contributed by atoms with E-state index < -0.39 is 37.7 Å². The minimum atomic E-state index is -5.56. The second-order valence-electron chi connectivity index (χ2n) is 7.54. The van der Waals surface area contributed by atoms with Crippen molar-refractivity contribution in [3.05, 3.63) is 88.5 Å². The van der Waals surface area contributed by atoms with Gasteiger partial charge < -0.3 is 14.8 Å². The van der Waals surface area contributed by atoms with E-state index in [9.17, 15) is 36.3 Å². The zero-order valence-electron chi connectivity index (χ0n) is 18.4.